The van der Waals surface area contributed by atoms with E-state index in [0.29, 0.717) is 12.2 Å². The standard InChI is InChI=1S/C14H20N4O2/c19-14(20)12-7-15-10-16-13(12)9-18-5-3-17(4-6-18)8-11-1-2-11/h7,10-11H,1-6,8-9H2,(H,19,20). The smallest absolute Gasteiger partial charge is 0.339 e. The minimum absolute atomic E-state index is 0.216. The molecule has 2 heterocycles. The summed E-state index contributed by atoms with van der Waals surface area (Å²) in [4.78, 5) is 23.8. The van der Waals surface area contributed by atoms with Gasteiger partial charge in [-0.05, 0) is 18.8 Å². The highest BCUT2D eigenvalue weighted by atomic mass is 16.4. The number of hydrogen-bond acceptors (Lipinski definition) is 5. The summed E-state index contributed by atoms with van der Waals surface area (Å²) in [5, 5.41) is 9.14. The van der Waals surface area contributed by atoms with Gasteiger partial charge >= 0.3 is 5.97 Å². The molecule has 1 saturated carbocycles. The third kappa shape index (κ3) is 3.32. The summed E-state index contributed by atoms with van der Waals surface area (Å²) in [7, 11) is 0. The van der Waals surface area contributed by atoms with E-state index in [1.54, 1.807) is 0 Å². The van der Waals surface area contributed by atoms with Crippen molar-refractivity contribution < 1.29 is 9.90 Å². The van der Waals surface area contributed by atoms with Gasteiger partial charge in [-0.1, -0.05) is 0 Å². The molecule has 1 saturated heterocycles. The Balaban J connectivity index is 1.55. The molecule has 108 valence electrons. The predicted octanol–water partition coefficient (Wildman–Crippen LogP) is 0.702. The second kappa shape index (κ2) is 5.85. The van der Waals surface area contributed by atoms with Gasteiger partial charge in [0.1, 0.15) is 11.9 Å². The van der Waals surface area contributed by atoms with E-state index in [2.05, 4.69) is 19.8 Å². The second-order valence-electron chi connectivity index (χ2n) is 5.71. The lowest BCUT2D eigenvalue weighted by molar-refractivity contribution is 0.0691. The van der Waals surface area contributed by atoms with Crippen molar-refractivity contribution in [3.8, 4) is 0 Å². The fourth-order valence-corrected chi connectivity index (χ4v) is 2.67. The molecular weight excluding hydrogens is 256 g/mol. The summed E-state index contributed by atoms with van der Waals surface area (Å²) in [5.41, 5.74) is 0.830. The van der Waals surface area contributed by atoms with Crippen LogP contribution in [-0.2, 0) is 6.54 Å². The molecule has 1 aliphatic carbocycles. The first-order valence-electron chi connectivity index (χ1n) is 7.19. The molecule has 3 rings (SSSR count). The van der Waals surface area contributed by atoms with Crippen molar-refractivity contribution in [3.05, 3.63) is 23.8 Å². The molecule has 0 radical (unpaired) electrons. The normalized spacial score (nSPS) is 21.0. The maximum atomic E-state index is 11.1. The number of carboxylic acid groups (broad SMARTS) is 1. The fraction of sp³-hybridized carbons (Fsp3) is 0.643. The third-order valence-electron chi connectivity index (χ3n) is 4.08. The van der Waals surface area contributed by atoms with Crippen molar-refractivity contribution in [2.75, 3.05) is 32.7 Å². The van der Waals surface area contributed by atoms with Gasteiger partial charge in [0, 0.05) is 45.5 Å². The van der Waals surface area contributed by atoms with Crippen LogP contribution >= 0.6 is 0 Å². The van der Waals surface area contributed by atoms with Gasteiger partial charge in [-0.2, -0.15) is 0 Å². The minimum Gasteiger partial charge on any atom is -0.478 e. The molecule has 2 fully saturated rings. The van der Waals surface area contributed by atoms with Gasteiger partial charge in [0.05, 0.1) is 5.69 Å². The van der Waals surface area contributed by atoms with Gasteiger partial charge in [-0.15, -0.1) is 0 Å². The quantitative estimate of drug-likeness (QED) is 0.854. The van der Waals surface area contributed by atoms with Crippen LogP contribution < -0.4 is 0 Å². The molecule has 0 amide bonds. The summed E-state index contributed by atoms with van der Waals surface area (Å²) in [5.74, 6) is -0.0185. The molecule has 0 aromatic carbocycles. The summed E-state index contributed by atoms with van der Waals surface area (Å²) in [6, 6.07) is 0. The zero-order valence-electron chi connectivity index (χ0n) is 11.5. The van der Waals surface area contributed by atoms with E-state index in [0.717, 1.165) is 32.1 Å². The summed E-state index contributed by atoms with van der Waals surface area (Å²) >= 11 is 0. The summed E-state index contributed by atoms with van der Waals surface area (Å²) < 4.78 is 0. The maximum absolute atomic E-state index is 11.1. The van der Waals surface area contributed by atoms with Crippen molar-refractivity contribution in [3.63, 3.8) is 0 Å². The Hall–Kier alpha value is -1.53. The molecule has 1 N–H and O–H groups in total. The Morgan fingerprint density at radius 2 is 1.95 bits per heavy atom. The fourth-order valence-electron chi connectivity index (χ4n) is 2.67. The zero-order valence-corrected chi connectivity index (χ0v) is 11.5. The molecule has 6 nitrogen and oxygen atoms in total. The monoisotopic (exact) mass is 276 g/mol. The SMILES string of the molecule is O=C(O)c1cncnc1CN1CCN(CC2CC2)CC1. The van der Waals surface area contributed by atoms with Crippen LogP contribution in [0.5, 0.6) is 0 Å². The average Bonchev–Trinajstić information content (AvgIpc) is 3.25. The Morgan fingerprint density at radius 1 is 1.25 bits per heavy atom. The van der Waals surface area contributed by atoms with E-state index < -0.39 is 5.97 Å². The molecule has 0 bridgehead atoms. The molecule has 1 aromatic heterocycles. The van der Waals surface area contributed by atoms with Crippen LogP contribution in [0.15, 0.2) is 12.5 Å². The number of rotatable bonds is 5. The zero-order chi connectivity index (χ0) is 13.9. The largest absolute Gasteiger partial charge is 0.478 e. The first kappa shape index (κ1) is 13.5. The number of carbonyl (C=O) groups is 1. The van der Waals surface area contributed by atoms with E-state index in [4.69, 9.17) is 5.11 Å². The Labute approximate surface area is 118 Å². The van der Waals surface area contributed by atoms with Crippen molar-refractivity contribution in [2.45, 2.75) is 19.4 Å². The molecule has 0 unspecified atom stereocenters. The highest BCUT2D eigenvalue weighted by Crippen LogP contribution is 2.29. The number of hydrogen-bond donors (Lipinski definition) is 1. The van der Waals surface area contributed by atoms with Gasteiger partial charge in [0.2, 0.25) is 0 Å². The Kier molecular flexibility index (Phi) is 3.93. The summed E-state index contributed by atoms with van der Waals surface area (Å²) in [6.45, 7) is 5.95. The first-order chi connectivity index (χ1) is 9.72. The van der Waals surface area contributed by atoms with Crippen molar-refractivity contribution in [2.24, 2.45) is 5.92 Å². The van der Waals surface area contributed by atoms with Gasteiger partial charge in [-0.25, -0.2) is 14.8 Å². The average molecular weight is 276 g/mol. The lowest BCUT2D eigenvalue weighted by Crippen LogP contribution is -2.46. The number of aromatic carboxylic acids is 1. The molecule has 1 aromatic rings. The van der Waals surface area contributed by atoms with Crippen LogP contribution in [0.4, 0.5) is 0 Å². The Bertz CT molecular complexity index is 482. The number of piperazine rings is 1. The molecule has 1 aliphatic heterocycles. The van der Waals surface area contributed by atoms with E-state index in [-0.39, 0.29) is 5.56 Å². The molecule has 6 heteroatoms. The van der Waals surface area contributed by atoms with Crippen molar-refractivity contribution in [1.29, 1.82) is 0 Å². The van der Waals surface area contributed by atoms with E-state index in [9.17, 15) is 4.79 Å². The number of aromatic nitrogens is 2. The van der Waals surface area contributed by atoms with E-state index in [1.165, 1.54) is 31.9 Å². The van der Waals surface area contributed by atoms with Crippen LogP contribution in [0, 0.1) is 5.92 Å². The number of carboxylic acids is 1. The van der Waals surface area contributed by atoms with Crippen molar-refractivity contribution in [1.82, 2.24) is 19.8 Å². The minimum atomic E-state index is -0.951. The molecule has 20 heavy (non-hydrogen) atoms. The predicted molar refractivity (Wildman–Crippen MR) is 73.4 cm³/mol. The Morgan fingerprint density at radius 3 is 2.60 bits per heavy atom. The van der Waals surface area contributed by atoms with Gasteiger partial charge in [0.15, 0.2) is 0 Å². The molecule has 0 atom stereocenters. The van der Waals surface area contributed by atoms with Gasteiger partial charge in [0.25, 0.3) is 0 Å². The second-order valence-corrected chi connectivity index (χ2v) is 5.71. The van der Waals surface area contributed by atoms with Crippen molar-refractivity contribution >= 4 is 5.97 Å². The summed E-state index contributed by atoms with van der Waals surface area (Å²) in [6.07, 6.45) is 5.59. The highest BCUT2D eigenvalue weighted by Gasteiger charge is 2.26. The van der Waals surface area contributed by atoms with E-state index >= 15 is 0 Å². The lowest BCUT2D eigenvalue weighted by atomic mass is 10.2. The van der Waals surface area contributed by atoms with Crippen LogP contribution in [-0.4, -0.2) is 63.6 Å². The lowest BCUT2D eigenvalue weighted by Gasteiger charge is -2.34. The van der Waals surface area contributed by atoms with Crippen LogP contribution in [0.25, 0.3) is 0 Å². The molecular formula is C14H20N4O2. The van der Waals surface area contributed by atoms with Gasteiger partial charge < -0.3 is 10.0 Å². The first-order valence-corrected chi connectivity index (χ1v) is 7.19. The van der Waals surface area contributed by atoms with E-state index in [1.807, 2.05) is 0 Å². The number of nitrogens with zero attached hydrogens (tertiary/aromatic N) is 4. The molecule has 0 spiro atoms. The topological polar surface area (TPSA) is 69.6 Å². The van der Waals surface area contributed by atoms with Crippen LogP contribution in [0.2, 0.25) is 0 Å². The molecule has 2 aliphatic rings. The van der Waals surface area contributed by atoms with Crippen LogP contribution in [0.3, 0.4) is 0 Å². The third-order valence-corrected chi connectivity index (χ3v) is 4.08. The van der Waals surface area contributed by atoms with Crippen LogP contribution in [0.1, 0.15) is 28.9 Å². The maximum Gasteiger partial charge on any atom is 0.339 e. The highest BCUT2D eigenvalue weighted by molar-refractivity contribution is 5.88. The van der Waals surface area contributed by atoms with Gasteiger partial charge in [-0.3, -0.25) is 4.90 Å².